The molecule has 5 rings (SSSR count). The maximum atomic E-state index is 13.2. The van der Waals surface area contributed by atoms with E-state index in [0.717, 1.165) is 62.0 Å². The molecule has 0 saturated carbocycles. The summed E-state index contributed by atoms with van der Waals surface area (Å²) in [6.07, 6.45) is 8.91. The number of hydrogen-bond acceptors (Lipinski definition) is 7. The van der Waals surface area contributed by atoms with Gasteiger partial charge in [0.25, 0.3) is 5.91 Å². The van der Waals surface area contributed by atoms with Crippen LogP contribution in [0.25, 0.3) is 11.3 Å². The van der Waals surface area contributed by atoms with E-state index in [1.807, 2.05) is 31.2 Å². The number of unbranched alkanes of at least 4 members (excludes halogenated alkanes) is 1. The van der Waals surface area contributed by atoms with Gasteiger partial charge in [-0.2, -0.15) is 0 Å². The second kappa shape index (κ2) is 11.4. The van der Waals surface area contributed by atoms with Crippen molar-refractivity contribution in [3.63, 3.8) is 0 Å². The topological polar surface area (TPSA) is 105 Å². The number of piperidine rings is 1. The van der Waals surface area contributed by atoms with E-state index in [1.165, 1.54) is 0 Å². The number of carbonyl (C=O) groups is 2. The van der Waals surface area contributed by atoms with Gasteiger partial charge in [0.15, 0.2) is 5.78 Å². The predicted molar refractivity (Wildman–Crippen MR) is 144 cm³/mol. The fourth-order valence-corrected chi connectivity index (χ4v) is 5.26. The number of ether oxygens (including phenoxy) is 1. The number of aliphatic hydroxyl groups excluding tert-OH is 1. The molecule has 1 saturated heterocycles. The van der Waals surface area contributed by atoms with Crippen LogP contribution in [-0.2, 0) is 6.54 Å². The lowest BCUT2D eigenvalue weighted by molar-refractivity contribution is -0.00936. The van der Waals surface area contributed by atoms with Crippen molar-refractivity contribution < 1.29 is 19.4 Å². The molecule has 2 N–H and O–H groups in total. The average Bonchev–Trinajstić information content (AvgIpc) is 2.93. The molecule has 1 amide bonds. The van der Waals surface area contributed by atoms with Crippen LogP contribution in [0.4, 0.5) is 0 Å². The summed E-state index contributed by atoms with van der Waals surface area (Å²) in [7, 11) is 0. The summed E-state index contributed by atoms with van der Waals surface area (Å²) in [6, 6.07) is 11.2. The highest BCUT2D eigenvalue weighted by Gasteiger charge is 2.42. The molecule has 0 aliphatic carbocycles. The molecule has 8 nitrogen and oxygen atoms in total. The van der Waals surface area contributed by atoms with Crippen LogP contribution < -0.4 is 10.1 Å². The number of likely N-dealkylation sites (tertiary alicyclic amines) is 1. The zero-order valence-corrected chi connectivity index (χ0v) is 21.8. The summed E-state index contributed by atoms with van der Waals surface area (Å²) in [5, 5.41) is 11.9. The van der Waals surface area contributed by atoms with Gasteiger partial charge in [-0.1, -0.05) is 6.07 Å². The number of nitrogens with zero attached hydrogens (tertiary/aromatic N) is 3. The largest absolute Gasteiger partial charge is 0.486 e. The van der Waals surface area contributed by atoms with Crippen LogP contribution in [0.5, 0.6) is 5.75 Å². The van der Waals surface area contributed by atoms with Gasteiger partial charge >= 0.3 is 0 Å². The Labute approximate surface area is 223 Å². The third-order valence-electron chi connectivity index (χ3n) is 7.45. The number of Topliss-reactive ketones (excluding diaryl/α,β-unsaturated/α-hetero) is 1. The van der Waals surface area contributed by atoms with Gasteiger partial charge in [0.05, 0.1) is 23.2 Å². The molecule has 2 aliphatic heterocycles. The Morgan fingerprint density at radius 3 is 2.68 bits per heavy atom. The molecule has 1 fully saturated rings. The average molecular weight is 515 g/mol. The van der Waals surface area contributed by atoms with Crippen molar-refractivity contribution in [2.45, 2.75) is 51.2 Å². The van der Waals surface area contributed by atoms with Crippen LogP contribution >= 0.6 is 0 Å². The number of rotatable bonds is 8. The summed E-state index contributed by atoms with van der Waals surface area (Å²) in [6.45, 7) is 5.37. The minimum Gasteiger partial charge on any atom is -0.486 e. The van der Waals surface area contributed by atoms with Crippen molar-refractivity contribution in [2.24, 2.45) is 0 Å². The third kappa shape index (κ3) is 5.92. The lowest BCUT2D eigenvalue weighted by Crippen LogP contribution is -2.51. The van der Waals surface area contributed by atoms with Crippen LogP contribution in [0.1, 0.15) is 63.9 Å². The number of hydrogen-bond donors (Lipinski definition) is 2. The number of fused-ring (bicyclic) bond motifs is 1. The van der Waals surface area contributed by atoms with Crippen LogP contribution in [0, 0.1) is 6.92 Å². The molecule has 0 radical (unpaired) electrons. The summed E-state index contributed by atoms with van der Waals surface area (Å²) >= 11 is 0. The summed E-state index contributed by atoms with van der Waals surface area (Å²) in [5.41, 5.74) is 4.12. The Morgan fingerprint density at radius 2 is 1.95 bits per heavy atom. The van der Waals surface area contributed by atoms with Crippen molar-refractivity contribution in [1.29, 1.82) is 0 Å². The number of benzene rings is 1. The Balaban J connectivity index is 1.22. The fraction of sp³-hybridized carbons (Fsp3) is 0.400. The second-order valence-corrected chi connectivity index (χ2v) is 10.4. The predicted octanol–water partition coefficient (Wildman–Crippen LogP) is 3.95. The third-order valence-corrected chi connectivity index (χ3v) is 7.45. The molecule has 0 atom stereocenters. The Bertz CT molecular complexity index is 1300. The van der Waals surface area contributed by atoms with Gasteiger partial charge in [0, 0.05) is 63.2 Å². The number of carbonyl (C=O) groups excluding carboxylic acids is 2. The quantitative estimate of drug-likeness (QED) is 0.439. The standard InChI is InChI=1S/C30H34N4O4/c1-21-14-22(18-31-17-21)19-33-29(37)24-4-6-26(32-20-24)23-5-7-28-25(15-23)27(36)16-30(38-28)8-11-34(12-9-30)10-2-3-13-35/h4-7,14-15,17-18,20,35H,2-3,8-13,16,19H2,1H3,(H,33,37). The fourth-order valence-electron chi connectivity index (χ4n) is 5.26. The first-order valence-corrected chi connectivity index (χ1v) is 13.3. The van der Waals surface area contributed by atoms with Crippen molar-refractivity contribution in [2.75, 3.05) is 26.2 Å². The van der Waals surface area contributed by atoms with E-state index in [4.69, 9.17) is 9.84 Å². The molecule has 8 heteroatoms. The van der Waals surface area contributed by atoms with E-state index in [-0.39, 0.29) is 18.3 Å². The number of nitrogens with one attached hydrogen (secondary N) is 1. The van der Waals surface area contributed by atoms with Crippen LogP contribution in [0.2, 0.25) is 0 Å². The maximum Gasteiger partial charge on any atom is 0.253 e. The van der Waals surface area contributed by atoms with E-state index < -0.39 is 5.60 Å². The van der Waals surface area contributed by atoms with Crippen LogP contribution in [0.3, 0.4) is 0 Å². The summed E-state index contributed by atoms with van der Waals surface area (Å²) in [4.78, 5) is 36.8. The van der Waals surface area contributed by atoms with Gasteiger partial charge < -0.3 is 20.1 Å². The molecule has 0 unspecified atom stereocenters. The van der Waals surface area contributed by atoms with Crippen molar-refractivity contribution >= 4 is 11.7 Å². The molecule has 3 aromatic rings. The molecular weight excluding hydrogens is 480 g/mol. The van der Waals surface area contributed by atoms with Gasteiger partial charge in [-0.3, -0.25) is 19.6 Å². The van der Waals surface area contributed by atoms with E-state index in [1.54, 1.807) is 30.7 Å². The molecule has 4 heterocycles. The zero-order valence-electron chi connectivity index (χ0n) is 21.8. The lowest BCUT2D eigenvalue weighted by atomic mass is 9.82. The van der Waals surface area contributed by atoms with E-state index in [2.05, 4.69) is 20.2 Å². The Kier molecular flexibility index (Phi) is 7.81. The molecule has 38 heavy (non-hydrogen) atoms. The van der Waals surface area contributed by atoms with Gasteiger partial charge in [-0.25, -0.2) is 0 Å². The minimum atomic E-state index is -0.430. The smallest absolute Gasteiger partial charge is 0.253 e. The molecule has 0 bridgehead atoms. The van der Waals surface area contributed by atoms with E-state index >= 15 is 0 Å². The highest BCUT2D eigenvalue weighted by molar-refractivity contribution is 6.01. The van der Waals surface area contributed by atoms with Crippen molar-refractivity contribution in [3.05, 3.63) is 77.2 Å². The van der Waals surface area contributed by atoms with E-state index in [0.29, 0.717) is 35.5 Å². The number of pyridine rings is 2. The highest BCUT2D eigenvalue weighted by Crippen LogP contribution is 2.40. The van der Waals surface area contributed by atoms with Gasteiger partial charge in [0.1, 0.15) is 11.4 Å². The molecule has 198 valence electrons. The van der Waals surface area contributed by atoms with E-state index in [9.17, 15) is 9.59 Å². The molecular formula is C30H34N4O4. The first kappa shape index (κ1) is 26.0. The molecule has 1 spiro atoms. The number of aromatic nitrogens is 2. The first-order valence-electron chi connectivity index (χ1n) is 13.3. The zero-order chi connectivity index (χ0) is 26.5. The Morgan fingerprint density at radius 1 is 1.11 bits per heavy atom. The minimum absolute atomic E-state index is 0.100. The van der Waals surface area contributed by atoms with Gasteiger partial charge in [-0.05, 0) is 67.8 Å². The van der Waals surface area contributed by atoms with Crippen molar-refractivity contribution in [3.8, 4) is 17.0 Å². The molecule has 2 aliphatic rings. The second-order valence-electron chi connectivity index (χ2n) is 10.4. The molecule has 1 aromatic carbocycles. The monoisotopic (exact) mass is 514 g/mol. The summed E-state index contributed by atoms with van der Waals surface area (Å²) in [5.74, 6) is 0.535. The maximum absolute atomic E-state index is 13.2. The van der Waals surface area contributed by atoms with Crippen LogP contribution in [0.15, 0.2) is 55.0 Å². The normalized spacial score (nSPS) is 16.6. The van der Waals surface area contributed by atoms with Gasteiger partial charge in [-0.15, -0.1) is 0 Å². The van der Waals surface area contributed by atoms with Crippen LogP contribution in [-0.4, -0.2) is 63.5 Å². The molecule has 2 aromatic heterocycles. The number of aryl methyl sites for hydroxylation is 1. The Hall–Kier alpha value is -3.62. The first-order chi connectivity index (χ1) is 18.4. The highest BCUT2D eigenvalue weighted by atomic mass is 16.5. The number of aliphatic hydroxyl groups is 1. The summed E-state index contributed by atoms with van der Waals surface area (Å²) < 4.78 is 6.45. The lowest BCUT2D eigenvalue weighted by Gasteiger charge is -2.44. The van der Waals surface area contributed by atoms with Crippen molar-refractivity contribution in [1.82, 2.24) is 20.2 Å². The van der Waals surface area contributed by atoms with Gasteiger partial charge in [0.2, 0.25) is 0 Å². The SMILES string of the molecule is Cc1cncc(CNC(=O)c2ccc(-c3ccc4c(c3)C(=O)CC3(CCN(CCCCO)CC3)O4)nc2)c1. The number of amides is 1. The number of ketones is 1.